The molecule has 0 saturated carbocycles. The van der Waals surface area contributed by atoms with Crippen molar-refractivity contribution in [2.75, 3.05) is 26.2 Å². The lowest BCUT2D eigenvalue weighted by Crippen LogP contribution is -2.25. The molecule has 20 heavy (non-hydrogen) atoms. The van der Waals surface area contributed by atoms with Gasteiger partial charge in [0.2, 0.25) is 0 Å². The van der Waals surface area contributed by atoms with E-state index in [4.69, 9.17) is 4.74 Å². The fourth-order valence-electron chi connectivity index (χ4n) is 2.19. The summed E-state index contributed by atoms with van der Waals surface area (Å²) in [4.78, 5) is 22.2. The number of nitro groups is 2. The molecule has 1 aliphatic heterocycles. The van der Waals surface area contributed by atoms with Crippen LogP contribution in [0.2, 0.25) is 0 Å². The van der Waals surface area contributed by atoms with Crippen LogP contribution < -0.4 is 4.74 Å². The van der Waals surface area contributed by atoms with Crippen LogP contribution in [0.25, 0.3) is 0 Å². The second-order valence-electron chi connectivity index (χ2n) is 4.56. The molecule has 0 amide bonds. The summed E-state index contributed by atoms with van der Waals surface area (Å²) in [6.07, 6.45) is 2.37. The van der Waals surface area contributed by atoms with Gasteiger partial charge in [-0.25, -0.2) is 0 Å². The van der Waals surface area contributed by atoms with E-state index in [1.807, 2.05) is 0 Å². The predicted octanol–water partition coefficient (Wildman–Crippen LogP) is 1.98. The molecule has 1 fully saturated rings. The van der Waals surface area contributed by atoms with Gasteiger partial charge >= 0.3 is 11.4 Å². The molecule has 0 aliphatic carbocycles. The fraction of sp³-hybridized carbons (Fsp3) is 0.500. The third kappa shape index (κ3) is 3.41. The van der Waals surface area contributed by atoms with Crippen LogP contribution in [0, 0.1) is 20.2 Å². The van der Waals surface area contributed by atoms with Crippen LogP contribution in [0.5, 0.6) is 5.75 Å². The summed E-state index contributed by atoms with van der Waals surface area (Å²) in [6.45, 7) is 3.26. The van der Waals surface area contributed by atoms with Crippen molar-refractivity contribution in [3.8, 4) is 5.75 Å². The van der Waals surface area contributed by atoms with Gasteiger partial charge in [-0.15, -0.1) is 0 Å². The summed E-state index contributed by atoms with van der Waals surface area (Å²) in [6, 6.07) is 3.58. The first kappa shape index (κ1) is 14.2. The van der Waals surface area contributed by atoms with Crippen LogP contribution in [-0.2, 0) is 0 Å². The molecule has 0 atom stereocenters. The second-order valence-corrected chi connectivity index (χ2v) is 4.56. The first-order valence-electron chi connectivity index (χ1n) is 6.36. The van der Waals surface area contributed by atoms with Gasteiger partial charge in [-0.3, -0.25) is 25.1 Å². The molecule has 108 valence electrons. The van der Waals surface area contributed by atoms with Gasteiger partial charge in [0.05, 0.1) is 15.9 Å². The Morgan fingerprint density at radius 3 is 2.35 bits per heavy atom. The van der Waals surface area contributed by atoms with Crippen molar-refractivity contribution in [2.24, 2.45) is 0 Å². The lowest BCUT2D eigenvalue weighted by atomic mass is 10.2. The molecular formula is C12H15N3O5. The Labute approximate surface area is 115 Å². The van der Waals surface area contributed by atoms with E-state index < -0.39 is 21.2 Å². The van der Waals surface area contributed by atoms with Crippen LogP contribution >= 0.6 is 0 Å². The van der Waals surface area contributed by atoms with Crippen molar-refractivity contribution in [1.82, 2.24) is 4.90 Å². The van der Waals surface area contributed by atoms with Crippen LogP contribution in [0.3, 0.4) is 0 Å². The van der Waals surface area contributed by atoms with Crippen molar-refractivity contribution >= 4 is 11.4 Å². The highest BCUT2D eigenvalue weighted by Crippen LogP contribution is 2.30. The number of ether oxygens (including phenoxy) is 1. The lowest BCUT2D eigenvalue weighted by Gasteiger charge is -2.14. The predicted molar refractivity (Wildman–Crippen MR) is 70.9 cm³/mol. The van der Waals surface area contributed by atoms with Gasteiger partial charge in [0.15, 0.2) is 0 Å². The van der Waals surface area contributed by atoms with Gasteiger partial charge in [0, 0.05) is 12.6 Å². The van der Waals surface area contributed by atoms with Crippen LogP contribution in [0.15, 0.2) is 18.2 Å². The Bertz CT molecular complexity index is 514. The maximum Gasteiger partial charge on any atom is 0.349 e. The molecule has 1 aliphatic rings. The van der Waals surface area contributed by atoms with Gasteiger partial charge in [-0.2, -0.15) is 0 Å². The molecule has 0 aromatic heterocycles. The number of likely N-dealkylation sites (tertiary alicyclic amines) is 1. The summed E-state index contributed by atoms with van der Waals surface area (Å²) in [5, 5.41) is 21.5. The number of nitrogens with zero attached hydrogens (tertiary/aromatic N) is 3. The number of hydrogen-bond donors (Lipinski definition) is 0. The van der Waals surface area contributed by atoms with E-state index in [-0.39, 0.29) is 5.75 Å². The van der Waals surface area contributed by atoms with Crippen LogP contribution in [0.4, 0.5) is 11.4 Å². The molecule has 1 heterocycles. The minimum Gasteiger partial charge on any atom is -0.492 e. The van der Waals surface area contributed by atoms with Crippen LogP contribution in [-0.4, -0.2) is 41.0 Å². The first-order valence-corrected chi connectivity index (χ1v) is 6.36. The smallest absolute Gasteiger partial charge is 0.349 e. The highest BCUT2D eigenvalue weighted by molar-refractivity contribution is 5.55. The summed E-state index contributed by atoms with van der Waals surface area (Å²) in [7, 11) is 0. The van der Waals surface area contributed by atoms with E-state index >= 15 is 0 Å². The van der Waals surface area contributed by atoms with E-state index in [0.717, 1.165) is 31.8 Å². The third-order valence-corrected chi connectivity index (χ3v) is 3.22. The summed E-state index contributed by atoms with van der Waals surface area (Å²) < 4.78 is 5.42. The molecule has 0 bridgehead atoms. The van der Waals surface area contributed by atoms with Gasteiger partial charge < -0.3 is 4.74 Å². The number of hydrogen-bond acceptors (Lipinski definition) is 6. The minimum absolute atomic E-state index is 0.279. The standard InChI is InChI=1S/C12H15N3O5/c16-14(17)11-4-3-10(9-12(11)15(18)19)20-8-7-13-5-1-2-6-13/h3-4,9H,1-2,5-8H2. The molecule has 0 unspecified atom stereocenters. The second kappa shape index (κ2) is 6.29. The maximum absolute atomic E-state index is 10.8. The molecule has 0 spiro atoms. The Morgan fingerprint density at radius 1 is 1.10 bits per heavy atom. The Balaban J connectivity index is 1.99. The zero-order valence-electron chi connectivity index (χ0n) is 10.9. The molecule has 8 heteroatoms. The zero-order valence-corrected chi connectivity index (χ0v) is 10.9. The SMILES string of the molecule is O=[N+]([O-])c1ccc(OCCN2CCCC2)cc1[N+](=O)[O-]. The monoisotopic (exact) mass is 281 g/mol. The van der Waals surface area contributed by atoms with Gasteiger partial charge in [-0.05, 0) is 32.0 Å². The summed E-state index contributed by atoms with van der Waals surface area (Å²) in [5.41, 5.74) is -1.07. The van der Waals surface area contributed by atoms with E-state index in [1.165, 1.54) is 18.9 Å². The van der Waals surface area contributed by atoms with E-state index in [2.05, 4.69) is 4.90 Å². The zero-order chi connectivity index (χ0) is 14.5. The number of nitro benzene ring substituents is 2. The van der Waals surface area contributed by atoms with Crippen molar-refractivity contribution in [3.05, 3.63) is 38.4 Å². The molecular weight excluding hydrogens is 266 g/mol. The van der Waals surface area contributed by atoms with Crippen molar-refractivity contribution < 1.29 is 14.6 Å². The largest absolute Gasteiger partial charge is 0.492 e. The van der Waals surface area contributed by atoms with E-state index in [1.54, 1.807) is 0 Å². The Kier molecular flexibility index (Phi) is 4.46. The van der Waals surface area contributed by atoms with Crippen molar-refractivity contribution in [3.63, 3.8) is 0 Å². The van der Waals surface area contributed by atoms with Gasteiger partial charge in [-0.1, -0.05) is 0 Å². The Morgan fingerprint density at radius 2 is 1.75 bits per heavy atom. The topological polar surface area (TPSA) is 98.8 Å². The maximum atomic E-state index is 10.8. The molecule has 0 N–H and O–H groups in total. The van der Waals surface area contributed by atoms with E-state index in [0.29, 0.717) is 6.61 Å². The summed E-state index contributed by atoms with van der Waals surface area (Å²) in [5.74, 6) is 0.279. The van der Waals surface area contributed by atoms with Gasteiger partial charge in [0.1, 0.15) is 12.4 Å². The van der Waals surface area contributed by atoms with Crippen molar-refractivity contribution in [1.29, 1.82) is 0 Å². The molecule has 2 rings (SSSR count). The number of rotatable bonds is 6. The molecule has 1 aromatic carbocycles. The molecule has 1 saturated heterocycles. The first-order chi connectivity index (χ1) is 9.58. The highest BCUT2D eigenvalue weighted by Gasteiger charge is 2.24. The van der Waals surface area contributed by atoms with Crippen LogP contribution in [0.1, 0.15) is 12.8 Å². The average molecular weight is 281 g/mol. The molecule has 8 nitrogen and oxygen atoms in total. The Hall–Kier alpha value is -2.22. The average Bonchev–Trinajstić information content (AvgIpc) is 2.91. The van der Waals surface area contributed by atoms with E-state index in [9.17, 15) is 20.2 Å². The number of benzene rings is 1. The van der Waals surface area contributed by atoms with Gasteiger partial charge in [0.25, 0.3) is 0 Å². The molecule has 1 aromatic rings. The lowest BCUT2D eigenvalue weighted by molar-refractivity contribution is -0.422. The third-order valence-electron chi connectivity index (χ3n) is 3.22. The fourth-order valence-corrected chi connectivity index (χ4v) is 2.19. The summed E-state index contributed by atoms with van der Waals surface area (Å²) >= 11 is 0. The van der Waals surface area contributed by atoms with Crippen molar-refractivity contribution in [2.45, 2.75) is 12.8 Å². The highest BCUT2D eigenvalue weighted by atomic mass is 16.6. The normalized spacial score (nSPS) is 15.2. The molecule has 0 radical (unpaired) electrons. The quantitative estimate of drug-likeness (QED) is 0.584. The minimum atomic E-state index is -0.772.